The van der Waals surface area contributed by atoms with Crippen molar-refractivity contribution in [3.05, 3.63) is 59.3 Å². The highest BCUT2D eigenvalue weighted by Gasteiger charge is 2.35. The Bertz CT molecular complexity index is 1020. The van der Waals surface area contributed by atoms with E-state index < -0.39 is 17.3 Å². The summed E-state index contributed by atoms with van der Waals surface area (Å²) in [6.45, 7) is 5.08. The van der Waals surface area contributed by atoms with Crippen molar-refractivity contribution in [3.63, 3.8) is 0 Å². The maximum atomic E-state index is 13.1. The van der Waals surface area contributed by atoms with Crippen LogP contribution in [0.3, 0.4) is 0 Å². The number of hydrogen-bond donors (Lipinski definition) is 1. The zero-order valence-corrected chi connectivity index (χ0v) is 20.4. The number of benzene rings is 1. The fraction of sp³-hybridized carbons (Fsp3) is 0.519. The Morgan fingerprint density at radius 1 is 1.14 bits per heavy atom. The molecular weight excluding hydrogens is 455 g/mol. The molecule has 0 saturated heterocycles. The molecular formula is C27H32F3N3O2. The van der Waals surface area contributed by atoms with Crippen LogP contribution in [-0.4, -0.2) is 22.5 Å². The molecule has 1 aliphatic carbocycles. The quantitative estimate of drug-likeness (QED) is 0.468. The minimum absolute atomic E-state index is 0.0507. The molecule has 1 saturated carbocycles. The number of alkyl halides is 3. The maximum Gasteiger partial charge on any atom is 0.417 e. The Morgan fingerprint density at radius 3 is 2.34 bits per heavy atom. The lowest BCUT2D eigenvalue weighted by Crippen LogP contribution is -2.51. The number of pyridine rings is 1. The van der Waals surface area contributed by atoms with Crippen LogP contribution in [0.2, 0.25) is 0 Å². The van der Waals surface area contributed by atoms with Gasteiger partial charge in [-0.25, -0.2) is 4.98 Å². The molecule has 1 N–H and O–H groups in total. The molecule has 1 fully saturated rings. The molecule has 3 rings (SSSR count). The number of carbonyl (C=O) groups excluding carboxylic acids is 1. The van der Waals surface area contributed by atoms with Gasteiger partial charge in [-0.3, -0.25) is 4.79 Å². The van der Waals surface area contributed by atoms with E-state index in [0.717, 1.165) is 24.1 Å². The Hall–Kier alpha value is -3.08. The van der Waals surface area contributed by atoms with Crippen molar-refractivity contribution >= 4 is 5.91 Å². The fourth-order valence-electron chi connectivity index (χ4n) is 4.61. The molecule has 35 heavy (non-hydrogen) atoms. The van der Waals surface area contributed by atoms with Gasteiger partial charge in [-0.1, -0.05) is 44.2 Å². The van der Waals surface area contributed by atoms with E-state index in [4.69, 9.17) is 10.00 Å². The molecule has 2 unspecified atom stereocenters. The number of carbonyl (C=O) groups is 1. The van der Waals surface area contributed by atoms with E-state index in [1.807, 2.05) is 19.1 Å². The van der Waals surface area contributed by atoms with Crippen LogP contribution in [0, 0.1) is 17.2 Å². The lowest BCUT2D eigenvalue weighted by Gasteiger charge is -2.33. The first-order valence-corrected chi connectivity index (χ1v) is 12.0. The second-order valence-corrected chi connectivity index (χ2v) is 9.84. The number of halogens is 3. The van der Waals surface area contributed by atoms with Gasteiger partial charge >= 0.3 is 6.18 Å². The Kier molecular flexibility index (Phi) is 8.42. The molecule has 1 aromatic heterocycles. The van der Waals surface area contributed by atoms with Gasteiger partial charge in [0, 0.05) is 24.2 Å². The Morgan fingerprint density at radius 2 is 1.80 bits per heavy atom. The summed E-state index contributed by atoms with van der Waals surface area (Å²) in [4.78, 5) is 16.9. The van der Waals surface area contributed by atoms with Gasteiger partial charge in [0.2, 0.25) is 5.88 Å². The topological polar surface area (TPSA) is 75.0 Å². The van der Waals surface area contributed by atoms with Crippen LogP contribution in [0.25, 0.3) is 0 Å². The molecule has 2 aromatic rings. The Labute approximate surface area is 204 Å². The van der Waals surface area contributed by atoms with Crippen LogP contribution in [0.1, 0.15) is 81.9 Å². The van der Waals surface area contributed by atoms with Gasteiger partial charge in [0.15, 0.2) is 5.60 Å². The van der Waals surface area contributed by atoms with Gasteiger partial charge in [-0.15, -0.1) is 0 Å². The summed E-state index contributed by atoms with van der Waals surface area (Å²) in [7, 11) is 0. The van der Waals surface area contributed by atoms with E-state index in [1.54, 1.807) is 26.0 Å². The summed E-state index contributed by atoms with van der Waals surface area (Å²) >= 11 is 0. The second kappa shape index (κ2) is 11.1. The number of hydrogen-bond acceptors (Lipinski definition) is 4. The van der Waals surface area contributed by atoms with Crippen LogP contribution in [0.4, 0.5) is 13.2 Å². The standard InChI is InChI=1S/C27H32F3N3O2/c1-18(23(15-19-7-5-4-6-8-19)21-11-9-20(16-31)10-12-21)33-25(34)26(2,3)35-24-14-13-22(17-32-24)27(28,29)30/h9-14,17-19,23H,4-8,15H2,1-3H3,(H,33,34). The third kappa shape index (κ3) is 7.20. The molecule has 0 aliphatic heterocycles. The smallest absolute Gasteiger partial charge is 0.417 e. The molecule has 0 radical (unpaired) electrons. The third-order valence-electron chi connectivity index (χ3n) is 6.71. The molecule has 2 atom stereocenters. The zero-order valence-electron chi connectivity index (χ0n) is 20.4. The number of amides is 1. The largest absolute Gasteiger partial charge is 0.462 e. The molecule has 5 nitrogen and oxygen atoms in total. The number of rotatable bonds is 8. The number of nitrogens with zero attached hydrogens (tertiary/aromatic N) is 2. The molecule has 0 spiro atoms. The van der Waals surface area contributed by atoms with Gasteiger partial charge in [-0.05, 0) is 56.9 Å². The van der Waals surface area contributed by atoms with E-state index in [2.05, 4.69) is 16.4 Å². The summed E-state index contributed by atoms with van der Waals surface area (Å²) in [6.07, 6.45) is 3.15. The highest BCUT2D eigenvalue weighted by atomic mass is 19.4. The van der Waals surface area contributed by atoms with Gasteiger partial charge in [0.25, 0.3) is 5.91 Å². The predicted molar refractivity (Wildman–Crippen MR) is 127 cm³/mol. The van der Waals surface area contributed by atoms with Crippen molar-refractivity contribution in [1.82, 2.24) is 10.3 Å². The van der Waals surface area contributed by atoms with Gasteiger partial charge in [0.1, 0.15) is 0 Å². The lowest BCUT2D eigenvalue weighted by atomic mass is 9.78. The van der Waals surface area contributed by atoms with E-state index >= 15 is 0 Å². The van der Waals surface area contributed by atoms with E-state index in [9.17, 15) is 18.0 Å². The zero-order chi connectivity index (χ0) is 25.6. The summed E-state index contributed by atoms with van der Waals surface area (Å²) in [6, 6.07) is 11.4. The van der Waals surface area contributed by atoms with Gasteiger partial charge < -0.3 is 10.1 Å². The van der Waals surface area contributed by atoms with Crippen LogP contribution >= 0.6 is 0 Å². The molecule has 188 valence electrons. The molecule has 1 aromatic carbocycles. The average molecular weight is 488 g/mol. The first kappa shape index (κ1) is 26.5. The number of aromatic nitrogens is 1. The SMILES string of the molecule is CC(NC(=O)C(C)(C)Oc1ccc(C(F)(F)F)cn1)C(CC1CCCCC1)c1ccc(C#N)cc1. The van der Waals surface area contributed by atoms with Crippen LogP contribution in [0.5, 0.6) is 5.88 Å². The van der Waals surface area contributed by atoms with Crippen LogP contribution in [-0.2, 0) is 11.0 Å². The molecule has 8 heteroatoms. The minimum atomic E-state index is -4.49. The van der Waals surface area contributed by atoms with Crippen molar-refractivity contribution in [2.24, 2.45) is 5.92 Å². The van der Waals surface area contributed by atoms with E-state index in [0.29, 0.717) is 17.7 Å². The first-order chi connectivity index (χ1) is 16.5. The van der Waals surface area contributed by atoms with Gasteiger partial charge in [-0.2, -0.15) is 18.4 Å². The van der Waals surface area contributed by atoms with Crippen molar-refractivity contribution in [2.45, 2.75) is 83.0 Å². The lowest BCUT2D eigenvalue weighted by molar-refractivity contribution is -0.138. The Balaban J connectivity index is 1.72. The second-order valence-electron chi connectivity index (χ2n) is 9.84. The normalized spacial score (nSPS) is 16.7. The molecule has 1 heterocycles. The number of nitrogens with one attached hydrogen (secondary N) is 1. The van der Waals surface area contributed by atoms with Crippen molar-refractivity contribution in [2.75, 3.05) is 0 Å². The predicted octanol–water partition coefficient (Wildman–Crippen LogP) is 6.39. The van der Waals surface area contributed by atoms with Crippen LogP contribution in [0.15, 0.2) is 42.6 Å². The highest BCUT2D eigenvalue weighted by Crippen LogP contribution is 2.35. The first-order valence-electron chi connectivity index (χ1n) is 12.0. The van der Waals surface area contributed by atoms with Crippen molar-refractivity contribution < 1.29 is 22.7 Å². The number of ether oxygens (including phenoxy) is 1. The van der Waals surface area contributed by atoms with E-state index in [1.165, 1.54) is 32.1 Å². The average Bonchev–Trinajstić information content (AvgIpc) is 2.82. The molecule has 1 amide bonds. The summed E-state index contributed by atoms with van der Waals surface area (Å²) < 4.78 is 44.1. The maximum absolute atomic E-state index is 13.1. The third-order valence-corrected chi connectivity index (χ3v) is 6.71. The fourth-order valence-corrected chi connectivity index (χ4v) is 4.61. The van der Waals surface area contributed by atoms with Gasteiger partial charge in [0.05, 0.1) is 17.2 Å². The molecule has 1 aliphatic rings. The monoisotopic (exact) mass is 487 g/mol. The van der Waals surface area contributed by atoms with E-state index in [-0.39, 0.29) is 23.7 Å². The number of nitriles is 1. The van der Waals surface area contributed by atoms with Crippen molar-refractivity contribution in [3.8, 4) is 11.9 Å². The minimum Gasteiger partial charge on any atom is -0.462 e. The van der Waals surface area contributed by atoms with Crippen LogP contribution < -0.4 is 10.1 Å². The summed E-state index contributed by atoms with van der Waals surface area (Å²) in [5, 5.41) is 12.2. The summed E-state index contributed by atoms with van der Waals surface area (Å²) in [5.74, 6) is 0.185. The van der Waals surface area contributed by atoms with Crippen molar-refractivity contribution in [1.29, 1.82) is 5.26 Å². The molecule has 0 bridgehead atoms. The summed E-state index contributed by atoms with van der Waals surface area (Å²) in [5.41, 5.74) is -0.583. The highest BCUT2D eigenvalue weighted by molar-refractivity contribution is 5.85.